The smallest absolute Gasteiger partial charge is 0.309 e. The van der Waals surface area contributed by atoms with Gasteiger partial charge in [-0.05, 0) is 25.8 Å². The first-order valence-corrected chi connectivity index (χ1v) is 9.01. The quantitative estimate of drug-likeness (QED) is 0.253. The van der Waals surface area contributed by atoms with Crippen molar-refractivity contribution in [3.05, 3.63) is 45.1 Å². The van der Waals surface area contributed by atoms with Crippen molar-refractivity contribution in [1.29, 1.82) is 5.26 Å². The highest BCUT2D eigenvalue weighted by Gasteiger charge is 2.29. The third-order valence-corrected chi connectivity index (χ3v) is 4.62. The van der Waals surface area contributed by atoms with Crippen LogP contribution in [0.2, 0.25) is 5.02 Å². The molecule has 148 valence electrons. The van der Waals surface area contributed by atoms with Crippen LogP contribution in [0.15, 0.2) is 30.0 Å². The predicted molar refractivity (Wildman–Crippen MR) is 101 cm³/mol. The zero-order chi connectivity index (χ0) is 20.7. The molecule has 0 radical (unpaired) electrons. The standard InChI is InChI=1S/C18H19ClN4O5/c1-2-28-18(25)12-5-7-22(8-6-12)17(24)13(10-20)11-21-16-9-14(23(26)27)3-4-15(16)19/h3-4,9,11-12,21H,2,5-8H2,1H3/b13-11-. The van der Waals surface area contributed by atoms with E-state index in [1.165, 1.54) is 29.3 Å². The minimum absolute atomic E-state index is 0.169. The number of non-ortho nitro benzene ring substituents is 1. The molecule has 1 amide bonds. The van der Waals surface area contributed by atoms with E-state index in [2.05, 4.69) is 5.32 Å². The maximum atomic E-state index is 12.6. The normalized spacial score (nSPS) is 14.9. The number of hydrogen-bond donors (Lipinski definition) is 1. The SMILES string of the molecule is CCOC(=O)C1CCN(C(=O)/C(C#N)=C\Nc2cc([N+](=O)[O-])ccc2Cl)CC1. The number of piperidine rings is 1. The van der Waals surface area contributed by atoms with Crippen LogP contribution in [0.1, 0.15) is 19.8 Å². The zero-order valence-corrected chi connectivity index (χ0v) is 15.9. The third-order valence-electron chi connectivity index (χ3n) is 4.29. The molecule has 1 aromatic carbocycles. The maximum absolute atomic E-state index is 12.6. The van der Waals surface area contributed by atoms with E-state index < -0.39 is 10.8 Å². The minimum Gasteiger partial charge on any atom is -0.466 e. The van der Waals surface area contributed by atoms with Crippen molar-refractivity contribution in [1.82, 2.24) is 4.90 Å². The van der Waals surface area contributed by atoms with Crippen molar-refractivity contribution in [2.75, 3.05) is 25.0 Å². The van der Waals surface area contributed by atoms with E-state index in [1.54, 1.807) is 6.92 Å². The van der Waals surface area contributed by atoms with Gasteiger partial charge in [-0.25, -0.2) is 0 Å². The first-order valence-electron chi connectivity index (χ1n) is 8.64. The lowest BCUT2D eigenvalue weighted by Gasteiger charge is -2.30. The number of halogens is 1. The Labute approximate surface area is 166 Å². The van der Waals surface area contributed by atoms with E-state index in [-0.39, 0.29) is 33.9 Å². The van der Waals surface area contributed by atoms with Crippen LogP contribution in [0.4, 0.5) is 11.4 Å². The van der Waals surface area contributed by atoms with Crippen LogP contribution in [-0.2, 0) is 14.3 Å². The molecule has 1 fully saturated rings. The van der Waals surface area contributed by atoms with Gasteiger partial charge in [-0.2, -0.15) is 5.26 Å². The first kappa shape index (κ1) is 21.2. The van der Waals surface area contributed by atoms with Gasteiger partial charge in [-0.1, -0.05) is 11.6 Å². The molecule has 1 aromatic rings. The summed E-state index contributed by atoms with van der Waals surface area (Å²) in [7, 11) is 0. The van der Waals surface area contributed by atoms with Crippen LogP contribution in [0.3, 0.4) is 0 Å². The highest BCUT2D eigenvalue weighted by molar-refractivity contribution is 6.33. The molecule has 2 rings (SSSR count). The highest BCUT2D eigenvalue weighted by atomic mass is 35.5. The number of carbonyl (C=O) groups excluding carboxylic acids is 2. The minimum atomic E-state index is -0.574. The fraction of sp³-hybridized carbons (Fsp3) is 0.389. The van der Waals surface area contributed by atoms with Gasteiger partial charge >= 0.3 is 5.97 Å². The number of benzene rings is 1. The van der Waals surface area contributed by atoms with Crippen LogP contribution < -0.4 is 5.32 Å². The first-order chi connectivity index (χ1) is 13.4. The van der Waals surface area contributed by atoms with Crippen LogP contribution >= 0.6 is 11.6 Å². The summed E-state index contributed by atoms with van der Waals surface area (Å²) >= 11 is 5.99. The molecule has 9 nitrogen and oxygen atoms in total. The van der Waals surface area contributed by atoms with Gasteiger partial charge in [-0.3, -0.25) is 19.7 Å². The van der Waals surface area contributed by atoms with Gasteiger partial charge in [0, 0.05) is 31.4 Å². The molecular formula is C18H19ClN4O5. The number of ether oxygens (including phenoxy) is 1. The summed E-state index contributed by atoms with van der Waals surface area (Å²) < 4.78 is 4.99. The number of hydrogen-bond acceptors (Lipinski definition) is 7. The van der Waals surface area contributed by atoms with Crippen LogP contribution in [-0.4, -0.2) is 41.4 Å². The Morgan fingerprint density at radius 2 is 2.14 bits per heavy atom. The number of amides is 1. The largest absolute Gasteiger partial charge is 0.466 e. The van der Waals surface area contributed by atoms with E-state index >= 15 is 0 Å². The molecule has 0 unspecified atom stereocenters. The molecule has 0 aromatic heterocycles. The number of nitrogens with zero attached hydrogens (tertiary/aromatic N) is 3. The number of esters is 1. The second-order valence-corrected chi connectivity index (χ2v) is 6.46. The van der Waals surface area contributed by atoms with Crippen molar-refractivity contribution >= 4 is 34.9 Å². The van der Waals surface area contributed by atoms with Crippen molar-refractivity contribution in [3.63, 3.8) is 0 Å². The summed E-state index contributed by atoms with van der Waals surface area (Å²) in [6.07, 6.45) is 2.10. The number of anilines is 1. The Hall–Kier alpha value is -3.12. The van der Waals surface area contributed by atoms with Crippen molar-refractivity contribution < 1.29 is 19.2 Å². The highest BCUT2D eigenvalue weighted by Crippen LogP contribution is 2.27. The Kier molecular flexibility index (Phi) is 7.35. The van der Waals surface area contributed by atoms with E-state index in [9.17, 15) is 25.0 Å². The van der Waals surface area contributed by atoms with E-state index in [4.69, 9.17) is 16.3 Å². The van der Waals surface area contributed by atoms with E-state index in [1.807, 2.05) is 6.07 Å². The Bertz CT molecular complexity index is 841. The lowest BCUT2D eigenvalue weighted by Crippen LogP contribution is -2.41. The predicted octanol–water partition coefficient (Wildman–Crippen LogP) is 2.87. The van der Waals surface area contributed by atoms with Crippen molar-refractivity contribution in [3.8, 4) is 6.07 Å². The molecule has 1 heterocycles. The number of nitro groups is 1. The fourth-order valence-corrected chi connectivity index (χ4v) is 2.95. The summed E-state index contributed by atoms with van der Waals surface area (Å²) in [5.41, 5.74) is -0.138. The Balaban J connectivity index is 2.04. The molecule has 28 heavy (non-hydrogen) atoms. The molecule has 0 saturated carbocycles. The average Bonchev–Trinajstić information content (AvgIpc) is 2.69. The maximum Gasteiger partial charge on any atom is 0.309 e. The lowest BCUT2D eigenvalue weighted by molar-refractivity contribution is -0.384. The summed E-state index contributed by atoms with van der Waals surface area (Å²) in [4.78, 5) is 36.1. The summed E-state index contributed by atoms with van der Waals surface area (Å²) in [6, 6.07) is 5.63. The summed E-state index contributed by atoms with van der Waals surface area (Å²) in [6.45, 7) is 2.71. The molecule has 10 heteroatoms. The van der Waals surface area contributed by atoms with Gasteiger partial charge in [0.25, 0.3) is 11.6 Å². The molecule has 1 aliphatic heterocycles. The summed E-state index contributed by atoms with van der Waals surface area (Å²) in [5, 5.41) is 23.1. The number of carbonyl (C=O) groups is 2. The molecule has 1 saturated heterocycles. The van der Waals surface area contributed by atoms with Crippen molar-refractivity contribution in [2.45, 2.75) is 19.8 Å². The lowest BCUT2D eigenvalue weighted by atomic mass is 9.96. The van der Waals surface area contributed by atoms with Gasteiger partial charge in [0.05, 0.1) is 28.2 Å². The number of rotatable bonds is 6. The number of nitrogens with one attached hydrogen (secondary N) is 1. The Morgan fingerprint density at radius 3 is 2.71 bits per heavy atom. The summed E-state index contributed by atoms with van der Waals surface area (Å²) in [5.74, 6) is -1.01. The zero-order valence-electron chi connectivity index (χ0n) is 15.2. The Morgan fingerprint density at radius 1 is 1.46 bits per heavy atom. The topological polar surface area (TPSA) is 126 Å². The third kappa shape index (κ3) is 5.20. The van der Waals surface area contributed by atoms with Crippen LogP contribution in [0.25, 0.3) is 0 Å². The van der Waals surface area contributed by atoms with Gasteiger partial charge in [0.15, 0.2) is 0 Å². The molecule has 0 bridgehead atoms. The van der Waals surface area contributed by atoms with Gasteiger partial charge in [-0.15, -0.1) is 0 Å². The van der Waals surface area contributed by atoms with E-state index in [0.29, 0.717) is 32.5 Å². The number of likely N-dealkylation sites (tertiary alicyclic amines) is 1. The molecule has 1 aliphatic rings. The van der Waals surface area contributed by atoms with Gasteiger partial charge in [0.1, 0.15) is 11.6 Å². The second-order valence-electron chi connectivity index (χ2n) is 6.05. The number of nitriles is 1. The molecular weight excluding hydrogens is 388 g/mol. The van der Waals surface area contributed by atoms with Crippen molar-refractivity contribution in [2.24, 2.45) is 5.92 Å². The fourth-order valence-electron chi connectivity index (χ4n) is 2.78. The van der Waals surface area contributed by atoms with Gasteiger partial charge in [0.2, 0.25) is 0 Å². The molecule has 1 N–H and O–H groups in total. The molecule has 0 aliphatic carbocycles. The molecule has 0 spiro atoms. The average molecular weight is 407 g/mol. The second kappa shape index (κ2) is 9.71. The number of nitro benzene ring substituents is 1. The monoisotopic (exact) mass is 406 g/mol. The van der Waals surface area contributed by atoms with E-state index in [0.717, 1.165) is 0 Å². The molecule has 0 atom stereocenters. The van der Waals surface area contributed by atoms with Crippen LogP contribution in [0, 0.1) is 27.4 Å². The van der Waals surface area contributed by atoms with Gasteiger partial charge < -0.3 is 15.0 Å². The van der Waals surface area contributed by atoms with Crippen LogP contribution in [0.5, 0.6) is 0 Å².